The van der Waals surface area contributed by atoms with Crippen molar-refractivity contribution in [3.8, 4) is 17.2 Å². The maximum atomic E-state index is 13.4. The summed E-state index contributed by atoms with van der Waals surface area (Å²) < 4.78 is 17.4. The third-order valence-electron chi connectivity index (χ3n) is 6.34. The van der Waals surface area contributed by atoms with Crippen LogP contribution in [0.5, 0.6) is 17.2 Å². The van der Waals surface area contributed by atoms with E-state index in [1.165, 1.54) is 0 Å². The molecule has 0 bridgehead atoms. The lowest BCUT2D eigenvalue weighted by Crippen LogP contribution is -2.55. The molecule has 2 atom stereocenters. The lowest BCUT2D eigenvalue weighted by molar-refractivity contribution is -0.161. The predicted octanol–water partition coefficient (Wildman–Crippen LogP) is 4.05. The molecule has 3 aliphatic heterocycles. The molecule has 1 N–H and O–H groups in total. The van der Waals surface area contributed by atoms with Crippen molar-refractivity contribution in [2.75, 3.05) is 19.5 Å². The Bertz CT molecular complexity index is 1290. The summed E-state index contributed by atoms with van der Waals surface area (Å²) >= 11 is 0. The van der Waals surface area contributed by atoms with Crippen LogP contribution in [0.15, 0.2) is 71.8 Å². The van der Waals surface area contributed by atoms with Gasteiger partial charge in [0.2, 0.25) is 0 Å². The summed E-state index contributed by atoms with van der Waals surface area (Å²) in [6, 6.07) is 21.0. The standard InChI is InChI=1S/C25H21N3O4/c1-30-15-11-12-16(23(13-15)31-2)20-14-21-17-7-3-6-10-22(17)32-25(28(21)27-20)18-8-4-5-9-19(18)26-24(25)29/h3-13,21H,14H2,1-2H3,(H,26,29)/t21-,25+/m1/s1. The lowest BCUT2D eigenvalue weighted by Gasteiger charge is -2.43. The molecule has 1 amide bonds. The average molecular weight is 427 g/mol. The number of para-hydroxylation sites is 2. The number of fused-ring (bicyclic) bond motifs is 6. The van der Waals surface area contributed by atoms with Crippen molar-refractivity contribution < 1.29 is 19.0 Å². The van der Waals surface area contributed by atoms with Gasteiger partial charge in [-0.3, -0.25) is 4.79 Å². The third-order valence-corrected chi connectivity index (χ3v) is 6.34. The Morgan fingerprint density at radius 3 is 2.72 bits per heavy atom. The van der Waals surface area contributed by atoms with Crippen LogP contribution in [0.3, 0.4) is 0 Å². The van der Waals surface area contributed by atoms with Crippen molar-refractivity contribution in [2.24, 2.45) is 5.10 Å². The van der Waals surface area contributed by atoms with Crippen LogP contribution < -0.4 is 19.5 Å². The molecule has 1 spiro atoms. The highest BCUT2D eigenvalue weighted by atomic mass is 16.5. The second kappa shape index (κ2) is 6.75. The summed E-state index contributed by atoms with van der Waals surface area (Å²) in [6.45, 7) is 0. The topological polar surface area (TPSA) is 72.4 Å². The van der Waals surface area contributed by atoms with Gasteiger partial charge in [-0.05, 0) is 24.3 Å². The number of hydrogen-bond donors (Lipinski definition) is 1. The molecule has 0 aliphatic carbocycles. The van der Waals surface area contributed by atoms with E-state index in [1.807, 2.05) is 71.7 Å². The van der Waals surface area contributed by atoms with Gasteiger partial charge in [0.1, 0.15) is 17.2 Å². The monoisotopic (exact) mass is 427 g/mol. The number of amides is 1. The molecule has 0 fully saturated rings. The van der Waals surface area contributed by atoms with E-state index in [0.29, 0.717) is 23.7 Å². The third kappa shape index (κ3) is 2.42. The van der Waals surface area contributed by atoms with E-state index in [9.17, 15) is 4.79 Å². The number of rotatable bonds is 3. The molecule has 7 nitrogen and oxygen atoms in total. The van der Waals surface area contributed by atoms with Crippen molar-refractivity contribution in [1.82, 2.24) is 5.01 Å². The molecular formula is C25H21N3O4. The number of anilines is 1. The Hall–Kier alpha value is -4.00. The highest BCUT2D eigenvalue weighted by molar-refractivity contribution is 6.07. The van der Waals surface area contributed by atoms with Crippen molar-refractivity contribution in [1.29, 1.82) is 0 Å². The molecule has 160 valence electrons. The number of nitrogens with zero attached hydrogens (tertiary/aromatic N) is 2. The van der Waals surface area contributed by atoms with Gasteiger partial charge in [-0.15, -0.1) is 0 Å². The highest BCUT2D eigenvalue weighted by Gasteiger charge is 2.60. The smallest absolute Gasteiger partial charge is 0.306 e. The summed E-state index contributed by atoms with van der Waals surface area (Å²) in [4.78, 5) is 13.4. The Labute approximate surface area is 185 Å². The largest absolute Gasteiger partial charge is 0.497 e. The van der Waals surface area contributed by atoms with Gasteiger partial charge >= 0.3 is 5.72 Å². The second-order valence-corrected chi connectivity index (χ2v) is 7.96. The molecule has 3 aromatic rings. The zero-order chi connectivity index (χ0) is 21.9. The summed E-state index contributed by atoms with van der Waals surface area (Å²) in [7, 11) is 3.25. The van der Waals surface area contributed by atoms with Crippen molar-refractivity contribution >= 4 is 17.3 Å². The number of benzene rings is 3. The van der Waals surface area contributed by atoms with E-state index in [0.717, 1.165) is 28.1 Å². The quantitative estimate of drug-likeness (QED) is 0.683. The number of hydrogen-bond acceptors (Lipinski definition) is 6. The molecule has 0 saturated carbocycles. The summed E-state index contributed by atoms with van der Waals surface area (Å²) in [5.41, 5.74) is 2.82. The van der Waals surface area contributed by atoms with Crippen LogP contribution in [0.1, 0.15) is 29.2 Å². The molecule has 32 heavy (non-hydrogen) atoms. The van der Waals surface area contributed by atoms with E-state index >= 15 is 0 Å². The molecule has 3 aliphatic rings. The van der Waals surface area contributed by atoms with E-state index in [-0.39, 0.29) is 11.9 Å². The number of ether oxygens (including phenoxy) is 3. The van der Waals surface area contributed by atoms with E-state index < -0.39 is 5.72 Å². The zero-order valence-electron chi connectivity index (χ0n) is 17.7. The first-order chi connectivity index (χ1) is 15.7. The fraction of sp³-hybridized carbons (Fsp3) is 0.200. The zero-order valence-corrected chi connectivity index (χ0v) is 17.7. The first-order valence-electron chi connectivity index (χ1n) is 10.4. The summed E-state index contributed by atoms with van der Waals surface area (Å²) in [5.74, 6) is 1.82. The Morgan fingerprint density at radius 1 is 1.06 bits per heavy atom. The van der Waals surface area contributed by atoms with Gasteiger partial charge < -0.3 is 19.5 Å². The van der Waals surface area contributed by atoms with Crippen LogP contribution in [0.2, 0.25) is 0 Å². The maximum absolute atomic E-state index is 13.4. The second-order valence-electron chi connectivity index (χ2n) is 7.96. The molecule has 3 aromatic carbocycles. The van der Waals surface area contributed by atoms with E-state index in [2.05, 4.69) is 5.32 Å². The van der Waals surface area contributed by atoms with Gasteiger partial charge in [-0.2, -0.15) is 5.10 Å². The van der Waals surface area contributed by atoms with Gasteiger partial charge in [-0.25, -0.2) is 5.01 Å². The summed E-state index contributed by atoms with van der Waals surface area (Å²) in [6.07, 6.45) is 0.611. The molecule has 6 rings (SSSR count). The Balaban J connectivity index is 1.55. The molecule has 0 unspecified atom stereocenters. The van der Waals surface area contributed by atoms with Gasteiger partial charge in [0.05, 0.1) is 37.2 Å². The Morgan fingerprint density at radius 2 is 1.88 bits per heavy atom. The fourth-order valence-electron chi connectivity index (χ4n) is 4.84. The van der Waals surface area contributed by atoms with Crippen LogP contribution >= 0.6 is 0 Å². The minimum absolute atomic E-state index is 0.154. The summed E-state index contributed by atoms with van der Waals surface area (Å²) in [5, 5.41) is 9.76. The maximum Gasteiger partial charge on any atom is 0.306 e. The van der Waals surface area contributed by atoms with Gasteiger partial charge in [0, 0.05) is 23.6 Å². The minimum atomic E-state index is -1.36. The minimum Gasteiger partial charge on any atom is -0.497 e. The van der Waals surface area contributed by atoms with Crippen LogP contribution in [0.4, 0.5) is 5.69 Å². The predicted molar refractivity (Wildman–Crippen MR) is 119 cm³/mol. The van der Waals surface area contributed by atoms with E-state index in [4.69, 9.17) is 19.3 Å². The average Bonchev–Trinajstić information content (AvgIpc) is 3.40. The van der Waals surface area contributed by atoms with Crippen molar-refractivity contribution in [2.45, 2.75) is 18.2 Å². The number of carbonyl (C=O) groups excluding carboxylic acids is 1. The van der Waals surface area contributed by atoms with Crippen LogP contribution in [0.25, 0.3) is 0 Å². The number of nitrogens with one attached hydrogen (secondary N) is 1. The van der Waals surface area contributed by atoms with E-state index in [1.54, 1.807) is 14.2 Å². The van der Waals surface area contributed by atoms with Crippen LogP contribution in [0, 0.1) is 0 Å². The van der Waals surface area contributed by atoms with Crippen molar-refractivity contribution in [3.63, 3.8) is 0 Å². The number of carbonyl (C=O) groups is 1. The SMILES string of the molecule is COc1ccc(C2=NN3[C@H](C2)c2ccccc2O[C@@]32C(=O)Nc3ccccc32)c(OC)c1. The molecule has 0 saturated heterocycles. The molecule has 0 radical (unpaired) electrons. The van der Waals surface area contributed by atoms with Gasteiger partial charge in [0.25, 0.3) is 5.91 Å². The van der Waals surface area contributed by atoms with Crippen LogP contribution in [-0.4, -0.2) is 30.8 Å². The fourth-order valence-corrected chi connectivity index (χ4v) is 4.84. The molecular weight excluding hydrogens is 406 g/mol. The number of methoxy groups -OCH3 is 2. The molecule has 7 heteroatoms. The normalized spacial score (nSPS) is 22.4. The lowest BCUT2D eigenvalue weighted by atomic mass is 9.92. The van der Waals surface area contributed by atoms with Crippen molar-refractivity contribution in [3.05, 3.63) is 83.4 Å². The van der Waals surface area contributed by atoms with Gasteiger partial charge in [-0.1, -0.05) is 36.4 Å². The van der Waals surface area contributed by atoms with Gasteiger partial charge in [0.15, 0.2) is 0 Å². The number of hydrazone groups is 1. The Kier molecular flexibility index (Phi) is 3.95. The first-order valence-corrected chi connectivity index (χ1v) is 10.4. The molecule has 3 heterocycles. The molecule has 0 aromatic heterocycles. The van der Waals surface area contributed by atoms with Crippen LogP contribution in [-0.2, 0) is 10.5 Å². The first kappa shape index (κ1) is 18.7. The highest BCUT2D eigenvalue weighted by Crippen LogP contribution is 2.54.